The molecule has 2 saturated heterocycles. The number of rotatable bonds is 5. The van der Waals surface area contributed by atoms with Crippen LogP contribution in [-0.2, 0) is 14.6 Å². The molecule has 7 heteroatoms. The quantitative estimate of drug-likeness (QED) is 0.862. The molecule has 1 aromatic rings. The van der Waals surface area contributed by atoms with Crippen molar-refractivity contribution >= 4 is 27.1 Å². The molecule has 5 nitrogen and oxygen atoms in total. The Hall–Kier alpha value is -0.920. The number of nitrogens with one attached hydrogen (secondary N) is 1. The van der Waals surface area contributed by atoms with Crippen molar-refractivity contribution in [1.82, 2.24) is 10.2 Å². The maximum atomic E-state index is 12.4. The minimum Gasteiger partial charge on any atom is -0.354 e. The smallest absolute Gasteiger partial charge is 0.224 e. The molecule has 0 bridgehead atoms. The predicted octanol–water partition coefficient (Wildman–Crippen LogP) is 2.07. The molecule has 1 N–H and O–H groups in total. The van der Waals surface area contributed by atoms with Crippen molar-refractivity contribution in [3.63, 3.8) is 0 Å². The molecule has 1 amide bonds. The van der Waals surface area contributed by atoms with Crippen molar-refractivity contribution in [3.8, 4) is 0 Å². The summed E-state index contributed by atoms with van der Waals surface area (Å²) in [6, 6.07) is 4.37. The molecule has 1 aromatic heterocycles. The van der Waals surface area contributed by atoms with E-state index in [4.69, 9.17) is 0 Å². The molecule has 0 saturated carbocycles. The van der Waals surface area contributed by atoms with Gasteiger partial charge in [0.1, 0.15) is 0 Å². The normalized spacial score (nSPS) is 26.3. The van der Waals surface area contributed by atoms with Crippen LogP contribution in [0.3, 0.4) is 0 Å². The van der Waals surface area contributed by atoms with Gasteiger partial charge in [0.2, 0.25) is 5.91 Å². The first-order valence-corrected chi connectivity index (χ1v) is 11.4. The molecule has 24 heavy (non-hydrogen) atoms. The number of carbonyl (C=O) groups excluding carboxylic acids is 1. The zero-order chi connectivity index (χ0) is 17.2. The summed E-state index contributed by atoms with van der Waals surface area (Å²) in [6.07, 6.45) is 2.84. The lowest BCUT2D eigenvalue weighted by molar-refractivity contribution is -0.124. The van der Waals surface area contributed by atoms with Crippen LogP contribution >= 0.6 is 11.3 Å². The van der Waals surface area contributed by atoms with Gasteiger partial charge in [0.15, 0.2) is 9.84 Å². The fourth-order valence-corrected chi connectivity index (χ4v) is 6.18. The molecule has 3 rings (SSSR count). The van der Waals surface area contributed by atoms with E-state index in [0.717, 1.165) is 19.0 Å². The SMILES string of the molecule is CC1CCN(C(CNC(=O)C2CCS(=O)(=O)C2)c2cccs2)CC1. The van der Waals surface area contributed by atoms with Crippen LogP contribution in [0.4, 0.5) is 0 Å². The fraction of sp³-hybridized carbons (Fsp3) is 0.706. The summed E-state index contributed by atoms with van der Waals surface area (Å²) in [7, 11) is -3.02. The summed E-state index contributed by atoms with van der Waals surface area (Å²) >= 11 is 1.72. The van der Waals surface area contributed by atoms with E-state index >= 15 is 0 Å². The zero-order valence-electron chi connectivity index (χ0n) is 14.1. The molecular weight excluding hydrogens is 344 g/mol. The Morgan fingerprint density at radius 1 is 1.38 bits per heavy atom. The zero-order valence-corrected chi connectivity index (χ0v) is 15.7. The molecule has 2 atom stereocenters. The number of sulfone groups is 1. The first-order chi connectivity index (χ1) is 11.4. The largest absolute Gasteiger partial charge is 0.354 e. The van der Waals surface area contributed by atoms with E-state index in [9.17, 15) is 13.2 Å². The van der Waals surface area contributed by atoms with E-state index in [1.54, 1.807) is 11.3 Å². The van der Waals surface area contributed by atoms with Crippen molar-refractivity contribution < 1.29 is 13.2 Å². The van der Waals surface area contributed by atoms with E-state index in [2.05, 4.69) is 28.6 Å². The summed E-state index contributed by atoms with van der Waals surface area (Å²) in [5.41, 5.74) is 0. The number of nitrogens with zero attached hydrogens (tertiary/aromatic N) is 1. The van der Waals surface area contributed by atoms with Crippen LogP contribution in [0.15, 0.2) is 17.5 Å². The van der Waals surface area contributed by atoms with Gasteiger partial charge in [-0.3, -0.25) is 9.69 Å². The highest BCUT2D eigenvalue weighted by atomic mass is 32.2. The molecule has 0 spiro atoms. The third-order valence-corrected chi connectivity index (χ3v) is 7.94. The van der Waals surface area contributed by atoms with Gasteiger partial charge in [-0.05, 0) is 49.7 Å². The monoisotopic (exact) mass is 370 g/mol. The molecule has 3 heterocycles. The van der Waals surface area contributed by atoms with E-state index in [1.165, 1.54) is 17.7 Å². The van der Waals surface area contributed by atoms with Crippen molar-refractivity contribution in [1.29, 1.82) is 0 Å². The van der Waals surface area contributed by atoms with Crippen LogP contribution in [-0.4, -0.2) is 50.4 Å². The second kappa shape index (κ2) is 7.54. The molecule has 0 radical (unpaired) electrons. The third-order valence-electron chi connectivity index (χ3n) is 5.20. The van der Waals surface area contributed by atoms with Gasteiger partial charge >= 0.3 is 0 Å². The van der Waals surface area contributed by atoms with Crippen LogP contribution in [0.25, 0.3) is 0 Å². The molecule has 2 aliphatic rings. The van der Waals surface area contributed by atoms with E-state index in [-0.39, 0.29) is 29.4 Å². The first kappa shape index (κ1) is 17.9. The highest BCUT2D eigenvalue weighted by molar-refractivity contribution is 7.91. The van der Waals surface area contributed by atoms with Crippen LogP contribution in [0.1, 0.15) is 37.1 Å². The maximum absolute atomic E-state index is 12.4. The van der Waals surface area contributed by atoms with Gasteiger partial charge in [-0.25, -0.2) is 8.42 Å². The van der Waals surface area contributed by atoms with Crippen LogP contribution in [0, 0.1) is 11.8 Å². The highest BCUT2D eigenvalue weighted by Crippen LogP contribution is 2.29. The molecule has 0 aromatic carbocycles. The molecule has 2 aliphatic heterocycles. The Kier molecular flexibility index (Phi) is 5.62. The first-order valence-electron chi connectivity index (χ1n) is 8.70. The molecule has 134 valence electrons. The molecule has 2 unspecified atom stereocenters. The average molecular weight is 371 g/mol. The summed E-state index contributed by atoms with van der Waals surface area (Å²) in [4.78, 5) is 16.1. The van der Waals surface area contributed by atoms with Crippen molar-refractivity contribution in [2.24, 2.45) is 11.8 Å². The van der Waals surface area contributed by atoms with Crippen LogP contribution in [0.2, 0.25) is 0 Å². The minimum atomic E-state index is -3.02. The Morgan fingerprint density at radius 2 is 2.12 bits per heavy atom. The summed E-state index contributed by atoms with van der Waals surface area (Å²) < 4.78 is 23.1. The topological polar surface area (TPSA) is 66.5 Å². The third kappa shape index (κ3) is 4.37. The number of hydrogen-bond donors (Lipinski definition) is 1. The van der Waals surface area contributed by atoms with Gasteiger partial charge in [0.05, 0.1) is 23.5 Å². The summed E-state index contributed by atoms with van der Waals surface area (Å²) in [5.74, 6) is 0.430. The standard InChI is InChI=1S/C17H26N2O3S2/c1-13-4-7-19(8-5-13)15(16-3-2-9-23-16)11-18-17(20)14-6-10-24(21,22)12-14/h2-3,9,13-15H,4-8,10-12H2,1H3,(H,18,20). The second-order valence-corrected chi connectivity index (χ2v) is 10.3. The number of hydrogen-bond acceptors (Lipinski definition) is 5. The van der Waals surface area contributed by atoms with Gasteiger partial charge < -0.3 is 5.32 Å². The number of carbonyl (C=O) groups is 1. The number of amides is 1. The highest BCUT2D eigenvalue weighted by Gasteiger charge is 2.33. The number of piperidine rings is 1. The molecule has 0 aliphatic carbocycles. The van der Waals surface area contributed by atoms with E-state index < -0.39 is 9.84 Å². The van der Waals surface area contributed by atoms with Gasteiger partial charge in [0.25, 0.3) is 0 Å². The van der Waals surface area contributed by atoms with Crippen molar-refractivity contribution in [2.45, 2.75) is 32.2 Å². The van der Waals surface area contributed by atoms with Gasteiger partial charge in [-0.2, -0.15) is 0 Å². The number of likely N-dealkylation sites (tertiary alicyclic amines) is 1. The van der Waals surface area contributed by atoms with Crippen molar-refractivity contribution in [2.75, 3.05) is 31.1 Å². The number of thiophene rings is 1. The molecule has 2 fully saturated rings. The Balaban J connectivity index is 1.61. The lowest BCUT2D eigenvalue weighted by Gasteiger charge is -2.36. The minimum absolute atomic E-state index is 0.00370. The van der Waals surface area contributed by atoms with Gasteiger partial charge in [-0.15, -0.1) is 11.3 Å². The van der Waals surface area contributed by atoms with Crippen molar-refractivity contribution in [3.05, 3.63) is 22.4 Å². The Bertz CT molecular complexity index is 649. The maximum Gasteiger partial charge on any atom is 0.224 e. The van der Waals surface area contributed by atoms with E-state index in [1.807, 2.05) is 6.07 Å². The lowest BCUT2D eigenvalue weighted by Crippen LogP contribution is -2.43. The van der Waals surface area contributed by atoms with Gasteiger partial charge in [-0.1, -0.05) is 13.0 Å². The Labute approximate surface area is 148 Å². The van der Waals surface area contributed by atoms with Gasteiger partial charge in [0, 0.05) is 11.4 Å². The van der Waals surface area contributed by atoms with E-state index in [0.29, 0.717) is 13.0 Å². The lowest BCUT2D eigenvalue weighted by atomic mass is 9.97. The summed E-state index contributed by atoms with van der Waals surface area (Å²) in [5, 5.41) is 5.09. The van der Waals surface area contributed by atoms with Crippen LogP contribution in [0.5, 0.6) is 0 Å². The Morgan fingerprint density at radius 3 is 2.71 bits per heavy atom. The average Bonchev–Trinajstić information content (AvgIpc) is 3.18. The summed E-state index contributed by atoms with van der Waals surface area (Å²) in [6.45, 7) is 4.96. The molecular formula is C17H26N2O3S2. The predicted molar refractivity (Wildman–Crippen MR) is 96.8 cm³/mol. The fourth-order valence-electron chi connectivity index (χ4n) is 3.57. The van der Waals surface area contributed by atoms with Crippen LogP contribution < -0.4 is 5.32 Å². The second-order valence-electron chi connectivity index (χ2n) is 7.09.